The first-order valence-corrected chi connectivity index (χ1v) is 16.3. The van der Waals surface area contributed by atoms with Crippen molar-refractivity contribution in [2.24, 2.45) is 0 Å². The molecule has 0 radical (unpaired) electrons. The topological polar surface area (TPSA) is 126 Å². The van der Waals surface area contributed by atoms with Gasteiger partial charge in [-0.15, -0.1) is 0 Å². The number of pyridine rings is 1. The van der Waals surface area contributed by atoms with Crippen molar-refractivity contribution in [3.05, 3.63) is 48.7 Å². The van der Waals surface area contributed by atoms with Crippen LogP contribution in [-0.2, 0) is 27.8 Å². The van der Waals surface area contributed by atoms with Gasteiger partial charge in [-0.25, -0.2) is 0 Å². The number of rotatable bonds is 8. The summed E-state index contributed by atoms with van der Waals surface area (Å²) in [5.41, 5.74) is -0.302. The van der Waals surface area contributed by atoms with E-state index >= 15 is 0 Å². The van der Waals surface area contributed by atoms with Crippen molar-refractivity contribution >= 4 is 42.0 Å². The van der Waals surface area contributed by atoms with Gasteiger partial charge in [0.05, 0.1) is 0 Å². The molecular formula is C27H29AsF3N11O2. The molecule has 3 aliphatic rings. The van der Waals surface area contributed by atoms with Crippen LogP contribution in [-0.4, -0.2) is 124 Å². The van der Waals surface area contributed by atoms with Gasteiger partial charge in [-0.2, -0.15) is 0 Å². The number of anilines is 1. The van der Waals surface area contributed by atoms with Gasteiger partial charge in [0.15, 0.2) is 0 Å². The Morgan fingerprint density at radius 1 is 1.14 bits per heavy atom. The number of aromatic nitrogens is 7. The normalized spacial score (nSPS) is 19.4. The summed E-state index contributed by atoms with van der Waals surface area (Å²) in [5.74, 6) is 0.0476. The molecule has 0 aliphatic carbocycles. The molecule has 0 spiro atoms. The van der Waals surface area contributed by atoms with Gasteiger partial charge >= 0.3 is 257 Å². The summed E-state index contributed by atoms with van der Waals surface area (Å²) >= 11 is -0.954. The van der Waals surface area contributed by atoms with Crippen LogP contribution in [0.4, 0.5) is 18.9 Å². The Morgan fingerprint density at radius 3 is 2.61 bits per heavy atom. The number of piperazine rings is 1. The van der Waals surface area contributed by atoms with E-state index in [4.69, 9.17) is 9.72 Å². The molecule has 3 fully saturated rings. The van der Waals surface area contributed by atoms with Crippen LogP contribution in [0, 0.1) is 11.3 Å². The molecule has 13 nitrogen and oxygen atoms in total. The van der Waals surface area contributed by atoms with Crippen LogP contribution >= 0.6 is 0 Å². The van der Waals surface area contributed by atoms with Crippen LogP contribution in [0.2, 0.25) is 0 Å². The van der Waals surface area contributed by atoms with E-state index in [0.717, 1.165) is 48.7 Å². The first kappa shape index (κ1) is 28.8. The van der Waals surface area contributed by atoms with Crippen molar-refractivity contribution in [1.82, 2.24) is 44.0 Å². The second-order valence-corrected chi connectivity index (χ2v) is 14.0. The summed E-state index contributed by atoms with van der Waals surface area (Å²) in [7, 11) is 0. The SMILES string of the molecule is N#CCC1(n2cc(C(F)(F)F)cn2)CN(c2cccn3nc([AsH]c4cnn(CC(=O)N5CCN(C6COC6)CC5)c4)nc23)C1. The van der Waals surface area contributed by atoms with Gasteiger partial charge in [0.1, 0.15) is 0 Å². The predicted molar refractivity (Wildman–Crippen MR) is 152 cm³/mol. The molecule has 3 saturated heterocycles. The Bertz CT molecular complexity index is 1710. The monoisotopic (exact) mass is 671 g/mol. The Kier molecular flexibility index (Phi) is 7.34. The van der Waals surface area contributed by atoms with E-state index in [-0.39, 0.29) is 18.9 Å². The van der Waals surface area contributed by atoms with Crippen LogP contribution in [0.25, 0.3) is 5.65 Å². The second-order valence-electron chi connectivity index (χ2n) is 11.3. The zero-order chi connectivity index (χ0) is 30.5. The van der Waals surface area contributed by atoms with Gasteiger partial charge in [0.25, 0.3) is 0 Å². The van der Waals surface area contributed by atoms with Gasteiger partial charge in [-0.1, -0.05) is 0 Å². The van der Waals surface area contributed by atoms with Crippen LogP contribution in [0.3, 0.4) is 0 Å². The fourth-order valence-electron chi connectivity index (χ4n) is 5.89. The van der Waals surface area contributed by atoms with E-state index in [0.29, 0.717) is 42.5 Å². The van der Waals surface area contributed by atoms with Gasteiger partial charge < -0.3 is 0 Å². The van der Waals surface area contributed by atoms with Crippen LogP contribution < -0.4 is 13.9 Å². The summed E-state index contributed by atoms with van der Waals surface area (Å²) in [6.45, 7) is 5.48. The number of hydrogen-bond donors (Lipinski definition) is 0. The summed E-state index contributed by atoms with van der Waals surface area (Å²) < 4.78 is 51.1. The second kappa shape index (κ2) is 11.2. The molecule has 7 heterocycles. The summed E-state index contributed by atoms with van der Waals surface area (Å²) in [6.07, 6.45) is 2.73. The number of nitriles is 1. The fraction of sp³-hybridized carbons (Fsp3) is 0.481. The van der Waals surface area contributed by atoms with Crippen molar-refractivity contribution in [3.63, 3.8) is 0 Å². The Labute approximate surface area is 256 Å². The van der Waals surface area contributed by atoms with E-state index in [1.807, 2.05) is 28.1 Å². The molecule has 17 heteroatoms. The number of carbonyl (C=O) groups is 1. The predicted octanol–water partition coefficient (Wildman–Crippen LogP) is -0.799. The zero-order valence-corrected chi connectivity index (χ0v) is 25.7. The quantitative estimate of drug-likeness (QED) is 0.222. The van der Waals surface area contributed by atoms with Gasteiger partial charge in [0.2, 0.25) is 0 Å². The molecule has 4 aromatic heterocycles. The van der Waals surface area contributed by atoms with Crippen molar-refractivity contribution in [3.8, 4) is 6.07 Å². The van der Waals surface area contributed by atoms with Gasteiger partial charge in [0, 0.05) is 0 Å². The van der Waals surface area contributed by atoms with Gasteiger partial charge in [-0.05, 0) is 0 Å². The molecule has 44 heavy (non-hydrogen) atoms. The first-order chi connectivity index (χ1) is 21.2. The van der Waals surface area contributed by atoms with Crippen LogP contribution in [0.15, 0.2) is 43.1 Å². The standard InChI is InChI=1S/C27H29AsF3N11O2/c29-27(30,31)19-10-34-42(12-19)26(3-4-32)17-39(18-26)22-2-1-5-41-24(22)35-25(36-41)28-20-11-33-40(13-20)14-23(43)38-8-6-37(7-9-38)21-15-44-16-21/h1-2,5,10-13,21,28H,3,6-9,14-18H2. The minimum absolute atomic E-state index is 0.0222. The molecule has 230 valence electrons. The van der Waals surface area contributed by atoms with Crippen molar-refractivity contribution in [2.75, 3.05) is 57.4 Å². The molecule has 7 rings (SSSR count). The molecule has 1 atom stereocenters. The number of carbonyl (C=O) groups excluding carboxylic acids is 1. The average molecular weight is 672 g/mol. The Morgan fingerprint density at radius 2 is 1.93 bits per heavy atom. The van der Waals surface area contributed by atoms with Crippen molar-refractivity contribution < 1.29 is 22.7 Å². The van der Waals surface area contributed by atoms with E-state index in [1.54, 1.807) is 21.6 Å². The minimum atomic E-state index is -4.50. The number of alkyl halides is 3. The summed E-state index contributed by atoms with van der Waals surface area (Å²) in [5, 5.41) is 22.5. The fourth-order valence-corrected chi connectivity index (χ4v) is 7.81. The number of amides is 1. The number of fused-ring (bicyclic) bond motifs is 1. The number of hydrogen-bond acceptors (Lipinski definition) is 9. The van der Waals surface area contributed by atoms with E-state index in [2.05, 4.69) is 26.3 Å². The van der Waals surface area contributed by atoms with Crippen molar-refractivity contribution in [2.45, 2.75) is 30.7 Å². The number of ether oxygens (including phenoxy) is 1. The average Bonchev–Trinajstić information content (AvgIpc) is 3.70. The van der Waals surface area contributed by atoms with Crippen LogP contribution in [0.1, 0.15) is 12.0 Å². The molecule has 0 aromatic carbocycles. The van der Waals surface area contributed by atoms with Crippen LogP contribution in [0.5, 0.6) is 0 Å². The molecule has 4 aromatic rings. The Hall–Kier alpha value is -3.93. The summed E-state index contributed by atoms with van der Waals surface area (Å²) in [4.78, 5) is 23.9. The third kappa shape index (κ3) is 5.44. The summed E-state index contributed by atoms with van der Waals surface area (Å²) in [6, 6.07) is 6.31. The number of halogens is 3. The maximum atomic E-state index is 13.2. The van der Waals surface area contributed by atoms with E-state index in [9.17, 15) is 23.2 Å². The molecule has 0 bridgehead atoms. The maximum absolute atomic E-state index is 13.2. The molecule has 3 aliphatic heterocycles. The first-order valence-electron chi connectivity index (χ1n) is 14.2. The van der Waals surface area contributed by atoms with Crippen molar-refractivity contribution in [1.29, 1.82) is 5.26 Å². The zero-order valence-electron chi connectivity index (χ0n) is 23.6. The number of nitrogens with zero attached hydrogens (tertiary/aromatic N) is 11. The molecular weight excluding hydrogens is 642 g/mol. The molecule has 0 N–H and O–H groups in total. The van der Waals surface area contributed by atoms with Gasteiger partial charge in [-0.3, -0.25) is 0 Å². The third-order valence-corrected chi connectivity index (χ3v) is 10.5. The molecule has 1 unspecified atom stereocenters. The third-order valence-electron chi connectivity index (χ3n) is 8.45. The van der Waals surface area contributed by atoms with E-state index < -0.39 is 33.0 Å². The molecule has 0 saturated carbocycles. The Balaban J connectivity index is 0.999. The molecule has 1 amide bonds. The van der Waals surface area contributed by atoms with E-state index in [1.165, 1.54) is 4.68 Å².